The zero-order valence-corrected chi connectivity index (χ0v) is 43.8. The number of urea groups is 2. The Hall–Kier alpha value is -6.54. The average Bonchev–Trinajstić information content (AvgIpc) is 3.84. The lowest BCUT2D eigenvalue weighted by atomic mass is 9.87. The molecule has 2 saturated heterocycles. The number of unbranched alkanes of at least 4 members (excludes halogenated alkanes) is 1. The molecule has 9 amide bonds. The second-order valence-corrected chi connectivity index (χ2v) is 20.3. The minimum absolute atomic E-state index is 0.0169. The molecule has 400 valence electrons. The Balaban J connectivity index is 1.56. The summed E-state index contributed by atoms with van der Waals surface area (Å²) in [6.45, 7) is 10.9. The van der Waals surface area contributed by atoms with Crippen LogP contribution in [0.25, 0.3) is 0 Å². The van der Waals surface area contributed by atoms with Gasteiger partial charge in [-0.2, -0.15) is 0 Å². The molecule has 1 unspecified atom stereocenters. The smallest absolute Gasteiger partial charge is 0.322 e. The molecule has 2 heterocycles. The van der Waals surface area contributed by atoms with E-state index in [1.165, 1.54) is 7.05 Å². The van der Waals surface area contributed by atoms with Crippen molar-refractivity contribution in [1.82, 2.24) is 36.4 Å². The van der Waals surface area contributed by atoms with Crippen LogP contribution in [0.3, 0.4) is 0 Å². The number of imide groups is 1. The molecule has 0 aliphatic carbocycles. The van der Waals surface area contributed by atoms with Crippen LogP contribution in [0.1, 0.15) is 110 Å². The number of anilines is 2. The maximum absolute atomic E-state index is 14.6. The molecule has 0 radical (unpaired) electrons. The number of hydrogen-bond acceptors (Lipinski definition) is 12. The Morgan fingerprint density at radius 3 is 1.95 bits per heavy atom. The number of carbonyl (C=O) groups is 10. The van der Waals surface area contributed by atoms with E-state index in [0.717, 1.165) is 18.5 Å². The molecule has 0 aromatic heterocycles. The number of nitrogens with zero attached hydrogens (tertiary/aromatic N) is 2. The highest BCUT2D eigenvalue weighted by molar-refractivity contribution is 6.06. The van der Waals surface area contributed by atoms with Crippen LogP contribution in [-0.2, 0) is 51.2 Å². The van der Waals surface area contributed by atoms with E-state index >= 15 is 0 Å². The molecule has 0 spiro atoms. The number of primary amides is 1. The first-order chi connectivity index (χ1) is 34.6. The Labute approximate surface area is 429 Å². The minimum Gasteiger partial charge on any atom is -0.359 e. The van der Waals surface area contributed by atoms with E-state index in [1.54, 1.807) is 67.4 Å². The van der Waals surface area contributed by atoms with Gasteiger partial charge in [-0.15, -0.1) is 0 Å². The number of rotatable bonds is 29. The van der Waals surface area contributed by atoms with Gasteiger partial charge in [0.05, 0.1) is 24.5 Å². The Kier molecular flexibility index (Phi) is 23.2. The number of carbonyl (C=O) groups excluding carboxylic acids is 10. The third kappa shape index (κ3) is 18.8. The molecule has 73 heavy (non-hydrogen) atoms. The second-order valence-electron chi connectivity index (χ2n) is 20.3. The van der Waals surface area contributed by atoms with Crippen LogP contribution in [-0.4, -0.2) is 133 Å². The van der Waals surface area contributed by atoms with E-state index in [1.807, 2.05) is 20.9 Å². The van der Waals surface area contributed by atoms with Crippen molar-refractivity contribution in [3.8, 4) is 0 Å². The molecule has 20 heteroatoms. The summed E-state index contributed by atoms with van der Waals surface area (Å²) in [5.41, 5.74) is 7.57. The zero-order chi connectivity index (χ0) is 53.9. The standard InChI is InChI=1S/C53H78N10O10/c1-31(2)24-41(45(65)28-36(12-9-10-22-62(8)32(3)4)51(71)63-23-11-13-43(63)46(66)25-33(5)48(68)56-7)59-49(69)37(26-34-14-20-39(21-15-34)58-52(54)72)29-44(64)40(55-6)27-35-16-18-38(19-17-35)57-50(70)42-30-47(67)61-53(73)60-42/h14-21,31-33,36-37,40-43,55H,9-13,22-30H2,1-8H3,(H,56,68)(H,57,70)(H,59,69)(H3,54,58,72)(H2,60,61,67,73)/t33-,36?,37-,40-,41-,42-,43-/m0/s1. The molecule has 2 aliphatic heterocycles. The molecule has 0 saturated carbocycles. The van der Waals surface area contributed by atoms with E-state index in [0.29, 0.717) is 55.2 Å². The van der Waals surface area contributed by atoms with Crippen LogP contribution in [0.4, 0.5) is 21.0 Å². The third-order valence-corrected chi connectivity index (χ3v) is 13.7. The van der Waals surface area contributed by atoms with Crippen molar-refractivity contribution in [2.24, 2.45) is 29.4 Å². The van der Waals surface area contributed by atoms with Crippen molar-refractivity contribution in [1.29, 1.82) is 0 Å². The van der Waals surface area contributed by atoms with Gasteiger partial charge in [0.2, 0.25) is 29.5 Å². The van der Waals surface area contributed by atoms with Crippen molar-refractivity contribution in [2.45, 2.75) is 142 Å². The molecular formula is C53H78N10O10. The summed E-state index contributed by atoms with van der Waals surface area (Å²) in [5.74, 6) is -5.35. The summed E-state index contributed by atoms with van der Waals surface area (Å²) in [7, 11) is 5.18. The Bertz CT molecular complexity index is 2250. The number of ketones is 3. The molecule has 20 nitrogen and oxygen atoms in total. The van der Waals surface area contributed by atoms with Gasteiger partial charge in [0, 0.05) is 68.0 Å². The number of hydrogen-bond donors (Lipinski definition) is 8. The van der Waals surface area contributed by atoms with Crippen molar-refractivity contribution < 1.29 is 47.9 Å². The minimum atomic E-state index is -1.04. The van der Waals surface area contributed by atoms with Crippen LogP contribution < -0.4 is 43.0 Å². The van der Waals surface area contributed by atoms with Crippen molar-refractivity contribution in [3.05, 3.63) is 59.7 Å². The van der Waals surface area contributed by atoms with Crippen LogP contribution in [0.2, 0.25) is 0 Å². The summed E-state index contributed by atoms with van der Waals surface area (Å²) in [5, 5.41) is 18.3. The topological polar surface area (TPSA) is 287 Å². The summed E-state index contributed by atoms with van der Waals surface area (Å²) < 4.78 is 0. The van der Waals surface area contributed by atoms with Crippen molar-refractivity contribution in [2.75, 3.05) is 44.9 Å². The Morgan fingerprint density at radius 1 is 0.767 bits per heavy atom. The van der Waals surface area contributed by atoms with Gasteiger partial charge in [0.15, 0.2) is 17.3 Å². The molecule has 0 bridgehead atoms. The highest BCUT2D eigenvalue weighted by atomic mass is 16.2. The van der Waals surface area contributed by atoms with E-state index in [4.69, 9.17) is 5.73 Å². The number of nitrogens with two attached hydrogens (primary N) is 1. The van der Waals surface area contributed by atoms with E-state index in [-0.39, 0.29) is 80.0 Å². The van der Waals surface area contributed by atoms with Gasteiger partial charge in [-0.05, 0) is 121 Å². The van der Waals surface area contributed by atoms with E-state index in [9.17, 15) is 47.9 Å². The van der Waals surface area contributed by atoms with Crippen molar-refractivity contribution in [3.63, 3.8) is 0 Å². The molecule has 2 aromatic carbocycles. The van der Waals surface area contributed by atoms with E-state index in [2.05, 4.69) is 56.0 Å². The first-order valence-electron chi connectivity index (χ1n) is 25.5. The van der Waals surface area contributed by atoms with Crippen LogP contribution in [0, 0.1) is 23.7 Å². The largest absolute Gasteiger partial charge is 0.359 e. The zero-order valence-electron chi connectivity index (χ0n) is 43.8. The van der Waals surface area contributed by atoms with Gasteiger partial charge < -0.3 is 47.4 Å². The molecular weight excluding hydrogens is 937 g/mol. The molecule has 2 aliphatic rings. The van der Waals surface area contributed by atoms with Gasteiger partial charge in [-0.1, -0.05) is 51.5 Å². The molecule has 4 rings (SSSR count). The lowest BCUT2D eigenvalue weighted by Gasteiger charge is -2.30. The first-order valence-corrected chi connectivity index (χ1v) is 25.5. The summed E-state index contributed by atoms with van der Waals surface area (Å²) in [4.78, 5) is 136. The summed E-state index contributed by atoms with van der Waals surface area (Å²) in [6, 6.07) is 8.75. The molecule has 2 fully saturated rings. The van der Waals surface area contributed by atoms with Gasteiger partial charge >= 0.3 is 12.1 Å². The monoisotopic (exact) mass is 1010 g/mol. The summed E-state index contributed by atoms with van der Waals surface area (Å²) >= 11 is 0. The fourth-order valence-electron chi connectivity index (χ4n) is 9.24. The number of benzene rings is 2. The highest BCUT2D eigenvalue weighted by Gasteiger charge is 2.39. The van der Waals surface area contributed by atoms with Gasteiger partial charge in [0.25, 0.3) is 0 Å². The number of amides is 9. The maximum atomic E-state index is 14.6. The Morgan fingerprint density at radius 2 is 1.37 bits per heavy atom. The van der Waals surface area contributed by atoms with Gasteiger partial charge in [-0.3, -0.25) is 43.7 Å². The molecule has 7 atom stereocenters. The van der Waals surface area contributed by atoms with Gasteiger partial charge in [-0.25, -0.2) is 9.59 Å². The van der Waals surface area contributed by atoms with E-state index < -0.39 is 71.7 Å². The number of likely N-dealkylation sites (tertiary alicyclic amines) is 1. The SMILES string of the molecule is CNC(=O)[C@@H](C)CC(=O)[C@@H]1CCCN1C(=O)C(CCCCN(C)C(C)C)CC(=O)[C@H](CC(C)C)NC(=O)[C@H](CC(=O)[C@H](Cc1ccc(NC(=O)[C@@H]2CC(=O)NC(=O)N2)cc1)NC)Cc1ccc(NC(N)=O)cc1. The number of nitrogens with one attached hydrogen (secondary N) is 7. The number of Topliss-reactive ketones (excluding diaryl/α,β-unsaturated/α-hetero) is 3. The third-order valence-electron chi connectivity index (χ3n) is 13.7. The van der Waals surface area contributed by atoms with Crippen LogP contribution >= 0.6 is 0 Å². The first kappa shape index (κ1) is 59.0. The highest BCUT2D eigenvalue weighted by Crippen LogP contribution is 2.28. The lowest BCUT2D eigenvalue weighted by molar-refractivity contribution is -0.143. The lowest BCUT2D eigenvalue weighted by Crippen LogP contribution is -2.56. The number of likely N-dealkylation sites (N-methyl/N-ethyl adjacent to an activating group) is 1. The van der Waals surface area contributed by atoms with Crippen LogP contribution in [0.15, 0.2) is 48.5 Å². The second kappa shape index (κ2) is 28.6. The maximum Gasteiger partial charge on any atom is 0.322 e. The van der Waals surface area contributed by atoms with Crippen molar-refractivity contribution >= 4 is 70.3 Å². The predicted octanol–water partition coefficient (Wildman–Crippen LogP) is 3.61. The van der Waals surface area contributed by atoms with Gasteiger partial charge in [0.1, 0.15) is 6.04 Å². The fraction of sp³-hybridized carbons (Fsp3) is 0.585. The fourth-order valence-corrected chi connectivity index (χ4v) is 9.24. The summed E-state index contributed by atoms with van der Waals surface area (Å²) in [6.07, 6.45) is 2.87. The quantitative estimate of drug-likeness (QED) is 0.0543. The van der Waals surface area contributed by atoms with Crippen LogP contribution in [0.5, 0.6) is 0 Å². The molecule has 2 aromatic rings. The predicted molar refractivity (Wildman–Crippen MR) is 277 cm³/mol. The average molecular weight is 1020 g/mol. The normalized spacial score (nSPS) is 17.7. The molecule has 9 N–H and O–H groups in total.